The molecule has 0 spiro atoms. The summed E-state index contributed by atoms with van der Waals surface area (Å²) >= 11 is 1.29. The smallest absolute Gasteiger partial charge is 0.341 e. The summed E-state index contributed by atoms with van der Waals surface area (Å²) in [6.45, 7) is 0. The van der Waals surface area contributed by atoms with Crippen molar-refractivity contribution in [1.82, 2.24) is 19.6 Å². The highest BCUT2D eigenvalue weighted by molar-refractivity contribution is 7.98. The first-order valence-corrected chi connectivity index (χ1v) is 5.14. The maximum atomic E-state index is 10.8. The summed E-state index contributed by atoms with van der Waals surface area (Å²) in [5.41, 5.74) is 5.81. The van der Waals surface area contributed by atoms with Crippen molar-refractivity contribution in [3.63, 3.8) is 0 Å². The normalized spacial score (nSPS) is 10.7. The third kappa shape index (κ3) is 1.48. The van der Waals surface area contributed by atoms with Crippen LogP contribution in [0.1, 0.15) is 10.4 Å². The molecule has 78 valence electrons. The molecule has 0 unspecified atom stereocenters. The molecule has 0 atom stereocenters. The number of anilines is 1. The fraction of sp³-hybridized carbons (Fsp3) is 0.143. The fourth-order valence-corrected chi connectivity index (χ4v) is 1.48. The lowest BCUT2D eigenvalue weighted by atomic mass is 10.3. The molecule has 0 fully saturated rings. The lowest BCUT2D eigenvalue weighted by Gasteiger charge is -2.00. The molecule has 2 aromatic heterocycles. The van der Waals surface area contributed by atoms with Gasteiger partial charge in [-0.15, -0.1) is 0 Å². The number of nitrogens with two attached hydrogens (primary N) is 1. The molecule has 2 heterocycles. The van der Waals surface area contributed by atoms with Crippen molar-refractivity contribution >= 4 is 29.3 Å². The number of carbonyl (C=O) groups is 1. The third-order valence-electron chi connectivity index (χ3n) is 1.79. The Morgan fingerprint density at radius 1 is 1.60 bits per heavy atom. The third-order valence-corrected chi connectivity index (χ3v) is 2.33. The molecular formula is C7H7N5O2S. The minimum absolute atomic E-state index is 0.0133. The molecule has 15 heavy (non-hydrogen) atoms. The molecule has 2 rings (SSSR count). The molecule has 0 radical (unpaired) electrons. The van der Waals surface area contributed by atoms with E-state index in [1.54, 1.807) is 6.26 Å². The van der Waals surface area contributed by atoms with Gasteiger partial charge in [0.15, 0.2) is 10.8 Å². The van der Waals surface area contributed by atoms with Crippen LogP contribution in [0.25, 0.3) is 5.65 Å². The number of nitrogens with zero attached hydrogens (tertiary/aromatic N) is 4. The Morgan fingerprint density at radius 3 is 2.93 bits per heavy atom. The molecule has 0 aliphatic carbocycles. The van der Waals surface area contributed by atoms with Crippen molar-refractivity contribution in [1.29, 1.82) is 0 Å². The van der Waals surface area contributed by atoms with E-state index in [1.165, 1.54) is 22.5 Å². The quantitative estimate of drug-likeness (QED) is 0.699. The molecule has 0 amide bonds. The molecule has 0 saturated heterocycles. The van der Waals surface area contributed by atoms with Crippen molar-refractivity contribution in [3.05, 3.63) is 11.8 Å². The van der Waals surface area contributed by atoms with Gasteiger partial charge in [0.1, 0.15) is 5.56 Å². The van der Waals surface area contributed by atoms with E-state index in [1.807, 2.05) is 0 Å². The zero-order valence-corrected chi connectivity index (χ0v) is 8.52. The predicted octanol–water partition coefficient (Wildman–Crippen LogP) is 0.127. The van der Waals surface area contributed by atoms with E-state index in [9.17, 15) is 4.79 Å². The average Bonchev–Trinajstić information content (AvgIpc) is 2.61. The van der Waals surface area contributed by atoms with Gasteiger partial charge in [-0.2, -0.15) is 14.6 Å². The predicted molar refractivity (Wildman–Crippen MR) is 53.9 cm³/mol. The summed E-state index contributed by atoms with van der Waals surface area (Å²) in [7, 11) is 0. The van der Waals surface area contributed by atoms with Crippen molar-refractivity contribution in [3.8, 4) is 0 Å². The average molecular weight is 225 g/mol. The van der Waals surface area contributed by atoms with E-state index in [4.69, 9.17) is 10.8 Å². The van der Waals surface area contributed by atoms with E-state index in [-0.39, 0.29) is 17.2 Å². The van der Waals surface area contributed by atoms with Gasteiger partial charge < -0.3 is 10.8 Å². The summed E-state index contributed by atoms with van der Waals surface area (Å²) in [4.78, 5) is 18.8. The molecule has 7 nitrogen and oxygen atoms in total. The minimum atomic E-state index is -1.09. The Balaban J connectivity index is 2.78. The van der Waals surface area contributed by atoms with Crippen molar-refractivity contribution < 1.29 is 9.90 Å². The van der Waals surface area contributed by atoms with Gasteiger partial charge in [-0.3, -0.25) is 0 Å². The molecule has 0 aliphatic heterocycles. The van der Waals surface area contributed by atoms with Crippen molar-refractivity contribution in [2.45, 2.75) is 5.16 Å². The largest absolute Gasteiger partial charge is 0.477 e. The number of carboxylic acids is 1. The van der Waals surface area contributed by atoms with Crippen LogP contribution in [-0.2, 0) is 0 Å². The standard InChI is InChI=1S/C7H7N5O2S/c1-15-7-10-4-3(5(13)14)2-9-12(4)6(8)11-7/h2H,1H3,(H,13,14)(H2,8,10,11). The van der Waals surface area contributed by atoms with Gasteiger partial charge in [-0.1, -0.05) is 11.8 Å². The fourth-order valence-electron chi connectivity index (χ4n) is 1.12. The van der Waals surface area contributed by atoms with Gasteiger partial charge in [0, 0.05) is 0 Å². The van der Waals surface area contributed by atoms with E-state index in [2.05, 4.69) is 15.1 Å². The van der Waals surface area contributed by atoms with Gasteiger partial charge in [0.25, 0.3) is 0 Å². The number of hydrogen-bond donors (Lipinski definition) is 2. The molecule has 2 aromatic rings. The Kier molecular flexibility index (Phi) is 2.19. The summed E-state index contributed by atoms with van der Waals surface area (Å²) < 4.78 is 1.20. The summed E-state index contributed by atoms with van der Waals surface area (Å²) in [6, 6.07) is 0. The molecule has 0 saturated carbocycles. The lowest BCUT2D eigenvalue weighted by Crippen LogP contribution is -2.06. The Hall–Kier alpha value is -1.83. The number of nitrogen functional groups attached to an aromatic ring is 1. The maximum Gasteiger partial charge on any atom is 0.341 e. The number of aromatic nitrogens is 4. The van der Waals surface area contributed by atoms with Crippen LogP contribution >= 0.6 is 11.8 Å². The second-order valence-electron chi connectivity index (χ2n) is 2.67. The number of aromatic carboxylic acids is 1. The lowest BCUT2D eigenvalue weighted by molar-refractivity contribution is 0.0698. The number of hydrogen-bond acceptors (Lipinski definition) is 6. The zero-order valence-electron chi connectivity index (χ0n) is 7.71. The van der Waals surface area contributed by atoms with Gasteiger partial charge >= 0.3 is 5.97 Å². The van der Waals surface area contributed by atoms with E-state index < -0.39 is 5.97 Å². The zero-order chi connectivity index (χ0) is 11.0. The topological polar surface area (TPSA) is 106 Å². The first-order chi connectivity index (χ1) is 7.13. The summed E-state index contributed by atoms with van der Waals surface area (Å²) in [5, 5.41) is 13.1. The number of carboxylic acid groups (broad SMARTS) is 1. The molecule has 3 N–H and O–H groups in total. The Labute approximate surface area is 88.3 Å². The van der Waals surface area contributed by atoms with E-state index in [0.717, 1.165) is 0 Å². The number of fused-ring (bicyclic) bond motifs is 1. The Bertz CT molecular complexity index is 537. The summed E-state index contributed by atoms with van der Waals surface area (Å²) in [5.74, 6) is -0.966. The highest BCUT2D eigenvalue weighted by Gasteiger charge is 2.15. The minimum Gasteiger partial charge on any atom is -0.477 e. The van der Waals surface area contributed by atoms with Crippen LogP contribution in [0, 0.1) is 0 Å². The highest BCUT2D eigenvalue weighted by atomic mass is 32.2. The van der Waals surface area contributed by atoms with Gasteiger partial charge in [-0.25, -0.2) is 9.78 Å². The van der Waals surface area contributed by atoms with Crippen molar-refractivity contribution in [2.75, 3.05) is 12.0 Å². The monoisotopic (exact) mass is 225 g/mol. The van der Waals surface area contributed by atoms with E-state index >= 15 is 0 Å². The van der Waals surface area contributed by atoms with Crippen molar-refractivity contribution in [2.24, 2.45) is 0 Å². The highest BCUT2D eigenvalue weighted by Crippen LogP contribution is 2.15. The van der Waals surface area contributed by atoms with Gasteiger partial charge in [0.2, 0.25) is 5.95 Å². The van der Waals surface area contributed by atoms with Crippen LogP contribution in [0.4, 0.5) is 5.95 Å². The maximum absolute atomic E-state index is 10.8. The van der Waals surface area contributed by atoms with Crippen LogP contribution in [0.15, 0.2) is 11.4 Å². The molecule has 8 heteroatoms. The van der Waals surface area contributed by atoms with Gasteiger partial charge in [-0.05, 0) is 6.26 Å². The first kappa shape index (κ1) is 9.71. The summed E-state index contributed by atoms with van der Waals surface area (Å²) in [6.07, 6.45) is 2.98. The van der Waals surface area contributed by atoms with Crippen LogP contribution in [0.3, 0.4) is 0 Å². The first-order valence-electron chi connectivity index (χ1n) is 3.92. The van der Waals surface area contributed by atoms with Crippen LogP contribution in [0.5, 0.6) is 0 Å². The van der Waals surface area contributed by atoms with Gasteiger partial charge in [0.05, 0.1) is 6.20 Å². The molecule has 0 aromatic carbocycles. The molecular weight excluding hydrogens is 218 g/mol. The number of rotatable bonds is 2. The molecule has 0 bridgehead atoms. The molecule has 0 aliphatic rings. The van der Waals surface area contributed by atoms with Crippen LogP contribution in [0.2, 0.25) is 0 Å². The Morgan fingerprint density at radius 2 is 2.33 bits per heavy atom. The van der Waals surface area contributed by atoms with E-state index in [0.29, 0.717) is 5.16 Å². The number of thioether (sulfide) groups is 1. The second-order valence-corrected chi connectivity index (χ2v) is 3.44. The second kappa shape index (κ2) is 3.39. The van der Waals surface area contributed by atoms with Crippen LogP contribution in [-0.4, -0.2) is 36.9 Å². The van der Waals surface area contributed by atoms with Crippen LogP contribution < -0.4 is 5.73 Å². The SMILES string of the molecule is CSc1nc(N)n2ncc(C(=O)O)c2n1.